The molecule has 0 radical (unpaired) electrons. The number of hydroxylamine groups is 1. The maximum Gasteiger partial charge on any atom is 0.369 e. The smallest absolute Gasteiger partial charge is 0.335 e. The number of para-hydroxylation sites is 1. The van der Waals surface area contributed by atoms with Gasteiger partial charge in [0.05, 0.1) is 4.92 Å². The minimum Gasteiger partial charge on any atom is -0.335 e. The molecule has 15 heavy (non-hydrogen) atoms. The average molecular weight is 210 g/mol. The maximum absolute atomic E-state index is 11.2. The van der Waals surface area contributed by atoms with Crippen LogP contribution in [0.1, 0.15) is 10.4 Å². The van der Waals surface area contributed by atoms with Gasteiger partial charge >= 0.3 is 5.97 Å². The number of nitrogens with zero attached hydrogens (tertiary/aromatic N) is 1. The Kier molecular flexibility index (Phi) is 3.33. The Bertz CT molecular complexity index is 404. The molecule has 0 aromatic heterocycles. The lowest BCUT2D eigenvalue weighted by Gasteiger charge is -2.01. The minimum absolute atomic E-state index is 0.146. The van der Waals surface area contributed by atoms with Gasteiger partial charge in [-0.2, -0.15) is 5.48 Å². The highest BCUT2D eigenvalue weighted by atomic mass is 16.7. The van der Waals surface area contributed by atoms with Crippen LogP contribution in [0.3, 0.4) is 0 Å². The molecule has 0 atom stereocenters. The summed E-state index contributed by atoms with van der Waals surface area (Å²) in [6, 6.07) is 5.26. The zero-order valence-corrected chi connectivity index (χ0v) is 7.38. The van der Waals surface area contributed by atoms with Crippen molar-refractivity contribution in [3.8, 4) is 0 Å². The van der Waals surface area contributed by atoms with E-state index in [-0.39, 0.29) is 17.7 Å². The van der Waals surface area contributed by atoms with Crippen LogP contribution < -0.4 is 5.48 Å². The fourth-order valence-electron chi connectivity index (χ4n) is 0.938. The Hall–Kier alpha value is -2.44. The molecule has 0 unspecified atom stereocenters. The third-order valence-corrected chi connectivity index (χ3v) is 1.52. The molecular formula is C8H6N2O5. The molecule has 0 saturated heterocycles. The second-order valence-electron chi connectivity index (χ2n) is 2.40. The van der Waals surface area contributed by atoms with Gasteiger partial charge in [0.25, 0.3) is 5.69 Å². The van der Waals surface area contributed by atoms with E-state index >= 15 is 0 Å². The molecule has 0 saturated carbocycles. The molecule has 0 aliphatic carbocycles. The van der Waals surface area contributed by atoms with Gasteiger partial charge in [0.15, 0.2) is 0 Å². The highest BCUT2D eigenvalue weighted by Crippen LogP contribution is 2.17. The molecule has 0 aliphatic heterocycles. The van der Waals surface area contributed by atoms with Gasteiger partial charge in [-0.05, 0) is 6.07 Å². The van der Waals surface area contributed by atoms with E-state index in [0.717, 1.165) is 6.07 Å². The van der Waals surface area contributed by atoms with E-state index in [0.29, 0.717) is 0 Å². The van der Waals surface area contributed by atoms with Crippen LogP contribution in [0.25, 0.3) is 0 Å². The monoisotopic (exact) mass is 210 g/mol. The van der Waals surface area contributed by atoms with E-state index in [1.54, 1.807) is 5.48 Å². The zero-order valence-electron chi connectivity index (χ0n) is 7.38. The molecule has 0 spiro atoms. The Morgan fingerprint density at radius 3 is 2.73 bits per heavy atom. The van der Waals surface area contributed by atoms with Crippen LogP contribution in [0.4, 0.5) is 5.69 Å². The van der Waals surface area contributed by atoms with Crippen LogP contribution in [0.15, 0.2) is 24.3 Å². The number of benzene rings is 1. The maximum atomic E-state index is 11.2. The molecule has 0 bridgehead atoms. The lowest BCUT2D eigenvalue weighted by molar-refractivity contribution is -0.385. The van der Waals surface area contributed by atoms with Crippen molar-refractivity contribution < 1.29 is 19.3 Å². The van der Waals surface area contributed by atoms with E-state index in [1.807, 2.05) is 0 Å². The second-order valence-corrected chi connectivity index (χ2v) is 2.40. The first-order valence-corrected chi connectivity index (χ1v) is 3.80. The summed E-state index contributed by atoms with van der Waals surface area (Å²) >= 11 is 0. The SMILES string of the molecule is O=CNOC(=O)c1ccccc1[N+](=O)[O-]. The van der Waals surface area contributed by atoms with Crippen molar-refractivity contribution in [1.29, 1.82) is 0 Å². The third-order valence-electron chi connectivity index (χ3n) is 1.52. The third kappa shape index (κ3) is 2.50. The number of hydrogen-bond acceptors (Lipinski definition) is 5. The summed E-state index contributed by atoms with van der Waals surface area (Å²) in [4.78, 5) is 35.0. The zero-order chi connectivity index (χ0) is 11.3. The standard InChI is InChI=1S/C8H6N2O5/c11-5-9-15-8(12)6-3-1-2-4-7(6)10(13)14/h1-5H,(H,9,11). The van der Waals surface area contributed by atoms with Crippen LogP contribution in [0.5, 0.6) is 0 Å². The molecular weight excluding hydrogens is 204 g/mol. The van der Waals surface area contributed by atoms with Gasteiger partial charge < -0.3 is 4.84 Å². The first-order chi connectivity index (χ1) is 7.16. The first kappa shape index (κ1) is 10.6. The van der Waals surface area contributed by atoms with E-state index in [9.17, 15) is 19.7 Å². The predicted octanol–water partition coefficient (Wildman–Crippen LogP) is 0.413. The fourth-order valence-corrected chi connectivity index (χ4v) is 0.938. The molecule has 0 aliphatic rings. The largest absolute Gasteiger partial charge is 0.369 e. The van der Waals surface area contributed by atoms with Crippen molar-refractivity contribution in [3.05, 3.63) is 39.9 Å². The lowest BCUT2D eigenvalue weighted by atomic mass is 10.2. The number of nitro groups is 1. The Morgan fingerprint density at radius 2 is 2.13 bits per heavy atom. The van der Waals surface area contributed by atoms with E-state index < -0.39 is 10.9 Å². The number of carbonyl (C=O) groups is 2. The van der Waals surface area contributed by atoms with Crippen LogP contribution in [-0.2, 0) is 9.63 Å². The van der Waals surface area contributed by atoms with E-state index in [2.05, 4.69) is 4.84 Å². The topological polar surface area (TPSA) is 98.5 Å². The Morgan fingerprint density at radius 1 is 1.47 bits per heavy atom. The molecule has 1 rings (SSSR count). The molecule has 1 aromatic carbocycles. The summed E-state index contributed by atoms with van der Waals surface area (Å²) in [6.45, 7) is 0. The summed E-state index contributed by atoms with van der Waals surface area (Å²) in [6.07, 6.45) is 0.146. The summed E-state index contributed by atoms with van der Waals surface area (Å²) in [7, 11) is 0. The van der Waals surface area contributed by atoms with E-state index in [1.165, 1.54) is 18.2 Å². The van der Waals surface area contributed by atoms with Gasteiger partial charge in [0.1, 0.15) is 5.56 Å². The van der Waals surface area contributed by atoms with Crippen LogP contribution >= 0.6 is 0 Å². The summed E-state index contributed by atoms with van der Waals surface area (Å²) in [5.74, 6) is -0.991. The number of rotatable bonds is 4. The number of amides is 1. The van der Waals surface area contributed by atoms with Gasteiger partial charge in [0.2, 0.25) is 6.41 Å². The van der Waals surface area contributed by atoms with Gasteiger partial charge in [0, 0.05) is 6.07 Å². The second kappa shape index (κ2) is 4.70. The molecule has 7 nitrogen and oxygen atoms in total. The normalized spacial score (nSPS) is 9.07. The fraction of sp³-hybridized carbons (Fsp3) is 0. The van der Waals surface area contributed by atoms with Crippen molar-refractivity contribution in [2.24, 2.45) is 0 Å². The van der Waals surface area contributed by atoms with E-state index in [4.69, 9.17) is 0 Å². The summed E-state index contributed by atoms with van der Waals surface area (Å²) in [5.41, 5.74) is 1.06. The van der Waals surface area contributed by atoms with Crippen LogP contribution in [0.2, 0.25) is 0 Å². The summed E-state index contributed by atoms with van der Waals surface area (Å²) in [5, 5.41) is 10.5. The van der Waals surface area contributed by atoms with Crippen molar-refractivity contribution in [1.82, 2.24) is 5.48 Å². The molecule has 1 amide bonds. The quantitative estimate of drug-likeness (QED) is 0.441. The van der Waals surface area contributed by atoms with Gasteiger partial charge in [-0.3, -0.25) is 14.9 Å². The lowest BCUT2D eigenvalue weighted by Crippen LogP contribution is -2.18. The summed E-state index contributed by atoms with van der Waals surface area (Å²) < 4.78 is 0. The molecule has 1 aromatic rings. The van der Waals surface area contributed by atoms with Crippen molar-refractivity contribution in [3.63, 3.8) is 0 Å². The molecule has 0 fully saturated rings. The highest BCUT2D eigenvalue weighted by Gasteiger charge is 2.20. The minimum atomic E-state index is -0.991. The van der Waals surface area contributed by atoms with Crippen molar-refractivity contribution in [2.75, 3.05) is 0 Å². The van der Waals surface area contributed by atoms with Crippen molar-refractivity contribution in [2.45, 2.75) is 0 Å². The van der Waals surface area contributed by atoms with Crippen LogP contribution in [-0.4, -0.2) is 17.3 Å². The molecule has 7 heteroatoms. The van der Waals surface area contributed by atoms with Crippen molar-refractivity contribution >= 4 is 18.1 Å². The number of nitrogens with one attached hydrogen (secondary N) is 1. The van der Waals surface area contributed by atoms with Gasteiger partial charge in [-0.25, -0.2) is 4.79 Å². The number of carbonyl (C=O) groups excluding carboxylic acids is 2. The molecule has 1 N–H and O–H groups in total. The number of nitro benzene ring substituents is 1. The average Bonchev–Trinajstić information content (AvgIpc) is 2.25. The molecule has 78 valence electrons. The first-order valence-electron chi connectivity index (χ1n) is 3.80. The number of hydrogen-bond donors (Lipinski definition) is 1. The Balaban J connectivity index is 2.97. The molecule has 0 heterocycles. The van der Waals surface area contributed by atoms with Gasteiger partial charge in [-0.1, -0.05) is 12.1 Å². The van der Waals surface area contributed by atoms with Gasteiger partial charge in [-0.15, -0.1) is 0 Å². The van der Waals surface area contributed by atoms with Crippen LogP contribution in [0, 0.1) is 10.1 Å². The Labute approximate surface area is 83.8 Å². The highest BCUT2D eigenvalue weighted by molar-refractivity contribution is 5.93. The predicted molar refractivity (Wildman–Crippen MR) is 47.7 cm³/mol.